The summed E-state index contributed by atoms with van der Waals surface area (Å²) in [4.78, 5) is 9.07. The highest BCUT2D eigenvalue weighted by Crippen LogP contribution is 2.24. The third-order valence-electron chi connectivity index (χ3n) is 3.45. The highest BCUT2D eigenvalue weighted by atomic mass is 16.3. The maximum atomic E-state index is 5.12. The molecule has 0 aromatic carbocycles. The lowest BCUT2D eigenvalue weighted by atomic mass is 10.1. The molecule has 1 aliphatic rings. The highest BCUT2D eigenvalue weighted by Gasteiger charge is 2.15. The maximum absolute atomic E-state index is 5.12. The Morgan fingerprint density at radius 2 is 1.94 bits per heavy atom. The number of furan rings is 1. The third-order valence-corrected chi connectivity index (χ3v) is 3.45. The molecule has 3 rings (SSSR count). The van der Waals surface area contributed by atoms with Gasteiger partial charge in [0.2, 0.25) is 0 Å². The van der Waals surface area contributed by atoms with Gasteiger partial charge >= 0.3 is 0 Å². The average Bonchev–Trinajstić information content (AvgIpc) is 2.94. The Labute approximate surface area is 107 Å². The normalized spacial score (nSPS) is 17.1. The molecule has 0 amide bonds. The summed E-state index contributed by atoms with van der Waals surface area (Å²) in [6.07, 6.45) is 7.27. The molecule has 0 atom stereocenters. The van der Waals surface area contributed by atoms with Crippen LogP contribution in [-0.4, -0.2) is 43.1 Å². The number of hydrogen-bond donors (Lipinski definition) is 0. The van der Waals surface area contributed by atoms with E-state index in [1.807, 2.05) is 18.5 Å². The number of likely N-dealkylation sites (N-methyl/N-ethyl adjacent to an activating group) is 1. The van der Waals surface area contributed by atoms with Crippen LogP contribution in [0, 0.1) is 0 Å². The van der Waals surface area contributed by atoms with Crippen molar-refractivity contribution in [2.45, 2.75) is 0 Å². The molecule has 2 aromatic heterocycles. The molecule has 4 nitrogen and oxygen atoms in total. The predicted molar refractivity (Wildman–Crippen MR) is 71.6 cm³/mol. The van der Waals surface area contributed by atoms with Gasteiger partial charge in [-0.3, -0.25) is 4.98 Å². The van der Waals surface area contributed by atoms with Crippen molar-refractivity contribution in [2.75, 3.05) is 38.1 Å². The van der Waals surface area contributed by atoms with E-state index >= 15 is 0 Å². The second-order valence-corrected chi connectivity index (χ2v) is 4.73. The van der Waals surface area contributed by atoms with Crippen molar-refractivity contribution in [2.24, 2.45) is 0 Å². The number of pyridine rings is 1. The summed E-state index contributed by atoms with van der Waals surface area (Å²) in [6.45, 7) is 4.34. The molecular formula is C14H17N3O. The molecule has 2 aromatic rings. The largest absolute Gasteiger partial charge is 0.472 e. The Morgan fingerprint density at radius 3 is 2.67 bits per heavy atom. The van der Waals surface area contributed by atoms with Crippen molar-refractivity contribution >= 4 is 5.69 Å². The van der Waals surface area contributed by atoms with Crippen molar-refractivity contribution in [1.29, 1.82) is 0 Å². The van der Waals surface area contributed by atoms with Crippen LogP contribution >= 0.6 is 0 Å². The summed E-state index contributed by atoms with van der Waals surface area (Å²) in [6, 6.07) is 4.15. The molecular weight excluding hydrogens is 226 g/mol. The minimum atomic E-state index is 1.06. The van der Waals surface area contributed by atoms with Gasteiger partial charge in [0, 0.05) is 43.5 Å². The first kappa shape index (κ1) is 11.3. The smallest absolute Gasteiger partial charge is 0.0981 e. The fourth-order valence-corrected chi connectivity index (χ4v) is 2.25. The van der Waals surface area contributed by atoms with E-state index in [2.05, 4.69) is 27.9 Å². The standard InChI is InChI=1S/C14H17N3O/c1-16-3-5-17(6-4-16)14-8-13(9-15-10-14)12-2-7-18-11-12/h2,7-11H,3-6H2,1H3. The second-order valence-electron chi connectivity index (χ2n) is 4.73. The van der Waals surface area contributed by atoms with Crippen LogP contribution in [0.1, 0.15) is 0 Å². The van der Waals surface area contributed by atoms with E-state index in [4.69, 9.17) is 4.42 Å². The molecule has 1 saturated heterocycles. The maximum Gasteiger partial charge on any atom is 0.0981 e. The fourth-order valence-electron chi connectivity index (χ4n) is 2.25. The van der Waals surface area contributed by atoms with Gasteiger partial charge in [-0.05, 0) is 19.2 Å². The molecule has 0 saturated carbocycles. The number of nitrogens with zero attached hydrogens (tertiary/aromatic N) is 3. The van der Waals surface area contributed by atoms with Gasteiger partial charge in [0.05, 0.1) is 24.4 Å². The molecule has 4 heteroatoms. The third kappa shape index (κ3) is 2.24. The SMILES string of the molecule is CN1CCN(c2cncc(-c3ccoc3)c2)CC1. The monoisotopic (exact) mass is 243 g/mol. The quantitative estimate of drug-likeness (QED) is 0.808. The van der Waals surface area contributed by atoms with Crippen molar-refractivity contribution < 1.29 is 4.42 Å². The lowest BCUT2D eigenvalue weighted by molar-refractivity contribution is 0.313. The lowest BCUT2D eigenvalue weighted by Crippen LogP contribution is -2.44. The molecule has 0 unspecified atom stereocenters. The number of hydrogen-bond acceptors (Lipinski definition) is 4. The molecule has 1 fully saturated rings. The second kappa shape index (κ2) is 4.82. The predicted octanol–water partition coefficient (Wildman–Crippen LogP) is 2.09. The molecule has 18 heavy (non-hydrogen) atoms. The number of piperazine rings is 1. The summed E-state index contributed by atoms with van der Waals surface area (Å²) in [5, 5.41) is 0. The van der Waals surface area contributed by atoms with Crippen LogP contribution in [0.2, 0.25) is 0 Å². The summed E-state index contributed by atoms with van der Waals surface area (Å²) in [5.74, 6) is 0. The number of aromatic nitrogens is 1. The van der Waals surface area contributed by atoms with Crippen LogP contribution in [0.4, 0.5) is 5.69 Å². The van der Waals surface area contributed by atoms with Crippen LogP contribution in [0.3, 0.4) is 0 Å². The molecule has 0 bridgehead atoms. The van der Waals surface area contributed by atoms with E-state index in [0.29, 0.717) is 0 Å². The molecule has 0 aliphatic carbocycles. The molecule has 94 valence electrons. The van der Waals surface area contributed by atoms with Gasteiger partial charge in [0.1, 0.15) is 0 Å². The fraction of sp³-hybridized carbons (Fsp3) is 0.357. The first-order valence-electron chi connectivity index (χ1n) is 6.24. The summed E-state index contributed by atoms with van der Waals surface area (Å²) in [7, 11) is 2.16. The van der Waals surface area contributed by atoms with E-state index in [1.165, 1.54) is 5.69 Å². The van der Waals surface area contributed by atoms with Gasteiger partial charge in [0.25, 0.3) is 0 Å². The van der Waals surface area contributed by atoms with Crippen molar-refractivity contribution in [1.82, 2.24) is 9.88 Å². The minimum Gasteiger partial charge on any atom is -0.472 e. The van der Waals surface area contributed by atoms with Crippen LogP contribution in [0.5, 0.6) is 0 Å². The number of rotatable bonds is 2. The Kier molecular flexibility index (Phi) is 3.02. The van der Waals surface area contributed by atoms with Crippen LogP contribution in [0.25, 0.3) is 11.1 Å². The van der Waals surface area contributed by atoms with Crippen molar-refractivity contribution in [3.05, 3.63) is 37.1 Å². The van der Waals surface area contributed by atoms with Gasteiger partial charge < -0.3 is 14.2 Å². The zero-order chi connectivity index (χ0) is 12.4. The van der Waals surface area contributed by atoms with E-state index in [9.17, 15) is 0 Å². The summed E-state index contributed by atoms with van der Waals surface area (Å²) >= 11 is 0. The lowest BCUT2D eigenvalue weighted by Gasteiger charge is -2.33. The van der Waals surface area contributed by atoms with Gasteiger partial charge in [0.15, 0.2) is 0 Å². The van der Waals surface area contributed by atoms with E-state index in [0.717, 1.165) is 37.3 Å². The molecule has 1 aliphatic heterocycles. The van der Waals surface area contributed by atoms with Crippen LogP contribution < -0.4 is 4.90 Å². The van der Waals surface area contributed by atoms with Crippen molar-refractivity contribution in [3.63, 3.8) is 0 Å². The molecule has 0 spiro atoms. The van der Waals surface area contributed by atoms with Gasteiger partial charge in [-0.2, -0.15) is 0 Å². The summed E-state index contributed by atoms with van der Waals surface area (Å²) < 4.78 is 5.12. The average molecular weight is 243 g/mol. The van der Waals surface area contributed by atoms with Gasteiger partial charge in [-0.25, -0.2) is 0 Å². The van der Waals surface area contributed by atoms with Crippen LogP contribution in [0.15, 0.2) is 41.5 Å². The Morgan fingerprint density at radius 1 is 1.11 bits per heavy atom. The molecule has 3 heterocycles. The molecule has 0 radical (unpaired) electrons. The first-order valence-corrected chi connectivity index (χ1v) is 6.24. The Balaban J connectivity index is 1.83. The highest BCUT2D eigenvalue weighted by molar-refractivity contribution is 5.66. The minimum absolute atomic E-state index is 1.06. The first-order chi connectivity index (χ1) is 8.83. The zero-order valence-corrected chi connectivity index (χ0v) is 10.5. The summed E-state index contributed by atoms with van der Waals surface area (Å²) in [5.41, 5.74) is 3.39. The van der Waals surface area contributed by atoms with E-state index < -0.39 is 0 Å². The van der Waals surface area contributed by atoms with Gasteiger partial charge in [-0.1, -0.05) is 0 Å². The zero-order valence-electron chi connectivity index (χ0n) is 10.5. The molecule has 0 N–H and O–H groups in total. The van der Waals surface area contributed by atoms with E-state index in [-0.39, 0.29) is 0 Å². The Hall–Kier alpha value is -1.81. The topological polar surface area (TPSA) is 32.5 Å². The van der Waals surface area contributed by atoms with Crippen LogP contribution in [-0.2, 0) is 0 Å². The van der Waals surface area contributed by atoms with Gasteiger partial charge in [-0.15, -0.1) is 0 Å². The Bertz CT molecular complexity index is 502. The van der Waals surface area contributed by atoms with E-state index in [1.54, 1.807) is 12.5 Å². The number of anilines is 1. The van der Waals surface area contributed by atoms with Crippen molar-refractivity contribution in [3.8, 4) is 11.1 Å².